The molecule has 1 saturated heterocycles. The number of nitro groups is 1. The van der Waals surface area contributed by atoms with Crippen LogP contribution in [0.2, 0.25) is 0 Å². The molecule has 1 unspecified atom stereocenters. The molecule has 1 aliphatic rings. The third-order valence-corrected chi connectivity index (χ3v) is 2.68. The van der Waals surface area contributed by atoms with Crippen molar-refractivity contribution in [2.45, 2.75) is 12.5 Å². The van der Waals surface area contributed by atoms with Crippen LogP contribution in [0.15, 0.2) is 18.2 Å². The molecule has 0 radical (unpaired) electrons. The normalized spacial score (nSPS) is 19.8. The van der Waals surface area contributed by atoms with Crippen LogP contribution in [-0.4, -0.2) is 23.4 Å². The number of non-ortho nitro benzene ring substituents is 1. The minimum atomic E-state index is -0.790. The standard InChI is InChI=1S/C10H10FN3O3/c11-7-5-6(14(16)17)1-2-9(7)13-4-3-8(12)10(13)15/h1-2,5,8H,3-4,12H2. The molecule has 2 N–H and O–H groups in total. The summed E-state index contributed by atoms with van der Waals surface area (Å²) in [6, 6.07) is 2.57. The number of nitrogens with zero attached hydrogens (tertiary/aromatic N) is 2. The maximum Gasteiger partial charge on any atom is 0.272 e. The molecule has 1 amide bonds. The van der Waals surface area contributed by atoms with E-state index in [0.717, 1.165) is 12.1 Å². The lowest BCUT2D eigenvalue weighted by Gasteiger charge is -2.16. The molecular weight excluding hydrogens is 229 g/mol. The van der Waals surface area contributed by atoms with Gasteiger partial charge in [0.1, 0.15) is 0 Å². The fraction of sp³-hybridized carbons (Fsp3) is 0.300. The van der Waals surface area contributed by atoms with Gasteiger partial charge in [-0.05, 0) is 12.5 Å². The predicted octanol–water partition coefficient (Wildman–Crippen LogP) is 0.798. The van der Waals surface area contributed by atoms with Gasteiger partial charge in [-0.2, -0.15) is 0 Å². The van der Waals surface area contributed by atoms with Gasteiger partial charge in [0.05, 0.1) is 22.7 Å². The zero-order chi connectivity index (χ0) is 12.6. The highest BCUT2D eigenvalue weighted by atomic mass is 19.1. The Kier molecular flexibility index (Phi) is 2.76. The summed E-state index contributed by atoms with van der Waals surface area (Å²) in [5.41, 5.74) is 5.20. The SMILES string of the molecule is NC1CCN(c2ccc([N+](=O)[O-])cc2F)C1=O. The van der Waals surface area contributed by atoms with Gasteiger partial charge in [-0.25, -0.2) is 4.39 Å². The highest BCUT2D eigenvalue weighted by Crippen LogP contribution is 2.27. The van der Waals surface area contributed by atoms with Crippen molar-refractivity contribution in [1.82, 2.24) is 0 Å². The number of carbonyl (C=O) groups is 1. The van der Waals surface area contributed by atoms with Crippen LogP contribution in [0, 0.1) is 15.9 Å². The average molecular weight is 239 g/mol. The minimum absolute atomic E-state index is 0.0357. The summed E-state index contributed by atoms with van der Waals surface area (Å²) in [4.78, 5) is 22.5. The second-order valence-corrected chi connectivity index (χ2v) is 3.78. The van der Waals surface area contributed by atoms with Crippen molar-refractivity contribution in [3.8, 4) is 0 Å². The van der Waals surface area contributed by atoms with Gasteiger partial charge in [-0.3, -0.25) is 14.9 Å². The Labute approximate surface area is 96.0 Å². The number of benzene rings is 1. The van der Waals surface area contributed by atoms with Crippen LogP contribution in [0.4, 0.5) is 15.8 Å². The van der Waals surface area contributed by atoms with Gasteiger partial charge in [0.2, 0.25) is 5.91 Å². The van der Waals surface area contributed by atoms with Crippen molar-refractivity contribution in [2.75, 3.05) is 11.4 Å². The zero-order valence-corrected chi connectivity index (χ0v) is 8.80. The highest BCUT2D eigenvalue weighted by Gasteiger charge is 2.31. The molecule has 1 aromatic carbocycles. The van der Waals surface area contributed by atoms with E-state index in [1.165, 1.54) is 11.0 Å². The fourth-order valence-corrected chi connectivity index (χ4v) is 1.77. The molecule has 1 fully saturated rings. The van der Waals surface area contributed by atoms with E-state index in [1.54, 1.807) is 0 Å². The Bertz CT molecular complexity index is 492. The molecule has 1 atom stereocenters. The van der Waals surface area contributed by atoms with Crippen LogP contribution in [-0.2, 0) is 4.79 Å². The molecule has 1 aliphatic heterocycles. The lowest BCUT2D eigenvalue weighted by molar-refractivity contribution is -0.385. The second kappa shape index (κ2) is 4.10. The maximum atomic E-state index is 13.6. The second-order valence-electron chi connectivity index (χ2n) is 3.78. The molecule has 7 heteroatoms. The van der Waals surface area contributed by atoms with Gasteiger partial charge in [0, 0.05) is 12.6 Å². The van der Waals surface area contributed by atoms with Crippen molar-refractivity contribution in [3.63, 3.8) is 0 Å². The predicted molar refractivity (Wildman–Crippen MR) is 58.0 cm³/mol. The molecule has 6 nitrogen and oxygen atoms in total. The van der Waals surface area contributed by atoms with Crippen LogP contribution in [0.1, 0.15) is 6.42 Å². The molecule has 1 heterocycles. The number of anilines is 1. The summed E-state index contributed by atoms with van der Waals surface area (Å²) in [6.07, 6.45) is 0.454. The third kappa shape index (κ3) is 1.96. The molecule has 90 valence electrons. The van der Waals surface area contributed by atoms with Crippen molar-refractivity contribution in [3.05, 3.63) is 34.1 Å². The summed E-state index contributed by atoms with van der Waals surface area (Å²) in [5.74, 6) is -1.15. The van der Waals surface area contributed by atoms with E-state index in [0.29, 0.717) is 13.0 Å². The van der Waals surface area contributed by atoms with Gasteiger partial charge >= 0.3 is 0 Å². The highest BCUT2D eigenvalue weighted by molar-refractivity contribution is 5.99. The zero-order valence-electron chi connectivity index (χ0n) is 8.80. The number of carbonyl (C=O) groups excluding carboxylic acids is 1. The van der Waals surface area contributed by atoms with Gasteiger partial charge in [-0.1, -0.05) is 0 Å². The summed E-state index contributed by atoms with van der Waals surface area (Å²) in [7, 11) is 0. The Morgan fingerprint density at radius 2 is 2.24 bits per heavy atom. The maximum absolute atomic E-state index is 13.6. The number of hydrogen-bond donors (Lipinski definition) is 1. The molecule has 17 heavy (non-hydrogen) atoms. The molecule has 0 aromatic heterocycles. The number of halogens is 1. The Hall–Kier alpha value is -2.02. The van der Waals surface area contributed by atoms with E-state index in [9.17, 15) is 19.3 Å². The lowest BCUT2D eigenvalue weighted by atomic mass is 10.2. The number of rotatable bonds is 2. The van der Waals surface area contributed by atoms with Crippen LogP contribution < -0.4 is 10.6 Å². The van der Waals surface area contributed by atoms with Gasteiger partial charge in [0.15, 0.2) is 5.82 Å². The van der Waals surface area contributed by atoms with Crippen molar-refractivity contribution in [2.24, 2.45) is 5.73 Å². The quantitative estimate of drug-likeness (QED) is 0.610. The smallest absolute Gasteiger partial charge is 0.272 e. The molecule has 0 bridgehead atoms. The van der Waals surface area contributed by atoms with E-state index in [2.05, 4.69) is 0 Å². The van der Waals surface area contributed by atoms with Crippen LogP contribution in [0.25, 0.3) is 0 Å². The number of amides is 1. The fourth-order valence-electron chi connectivity index (χ4n) is 1.77. The molecule has 1 aromatic rings. The van der Waals surface area contributed by atoms with E-state index in [-0.39, 0.29) is 17.3 Å². The van der Waals surface area contributed by atoms with Gasteiger partial charge < -0.3 is 10.6 Å². The van der Waals surface area contributed by atoms with Gasteiger partial charge in [0.25, 0.3) is 5.69 Å². The Balaban J connectivity index is 2.34. The third-order valence-electron chi connectivity index (χ3n) is 2.68. The van der Waals surface area contributed by atoms with Crippen LogP contribution in [0.3, 0.4) is 0 Å². The van der Waals surface area contributed by atoms with Gasteiger partial charge in [-0.15, -0.1) is 0 Å². The molecule has 0 aliphatic carbocycles. The summed E-state index contributed by atoms with van der Waals surface area (Å²) >= 11 is 0. The molecule has 0 saturated carbocycles. The van der Waals surface area contributed by atoms with E-state index < -0.39 is 16.8 Å². The Morgan fingerprint density at radius 1 is 1.53 bits per heavy atom. The molecule has 0 spiro atoms. The van der Waals surface area contributed by atoms with Crippen molar-refractivity contribution in [1.29, 1.82) is 0 Å². The lowest BCUT2D eigenvalue weighted by Crippen LogP contribution is -2.34. The summed E-state index contributed by atoms with van der Waals surface area (Å²) in [5, 5.41) is 10.4. The topological polar surface area (TPSA) is 89.5 Å². The monoisotopic (exact) mass is 239 g/mol. The summed E-state index contributed by atoms with van der Waals surface area (Å²) < 4.78 is 13.6. The largest absolute Gasteiger partial charge is 0.320 e. The van der Waals surface area contributed by atoms with Crippen LogP contribution in [0.5, 0.6) is 0 Å². The number of nitrogens with two attached hydrogens (primary N) is 1. The van der Waals surface area contributed by atoms with E-state index >= 15 is 0 Å². The first kappa shape index (κ1) is 11.5. The van der Waals surface area contributed by atoms with Crippen LogP contribution >= 0.6 is 0 Å². The summed E-state index contributed by atoms with van der Waals surface area (Å²) in [6.45, 7) is 0.328. The average Bonchev–Trinajstić information content (AvgIpc) is 2.60. The minimum Gasteiger partial charge on any atom is -0.320 e. The molecule has 2 rings (SSSR count). The number of nitro benzene ring substituents is 1. The van der Waals surface area contributed by atoms with Crippen molar-refractivity contribution < 1.29 is 14.1 Å². The number of hydrogen-bond acceptors (Lipinski definition) is 4. The molecular formula is C10H10FN3O3. The van der Waals surface area contributed by atoms with E-state index in [4.69, 9.17) is 5.73 Å². The first-order valence-corrected chi connectivity index (χ1v) is 5.01. The first-order chi connectivity index (χ1) is 8.00. The van der Waals surface area contributed by atoms with E-state index in [1.807, 2.05) is 0 Å². The van der Waals surface area contributed by atoms with Crippen molar-refractivity contribution >= 4 is 17.3 Å². The first-order valence-electron chi connectivity index (χ1n) is 5.01. The Morgan fingerprint density at radius 3 is 2.71 bits per heavy atom.